The summed E-state index contributed by atoms with van der Waals surface area (Å²) in [7, 11) is 1.43. The smallest absolute Gasteiger partial charge is 0.408 e. The molecule has 8 nitrogen and oxygen atoms in total. The molecule has 1 aliphatic carbocycles. The summed E-state index contributed by atoms with van der Waals surface area (Å²) in [5.74, 6) is -1.54. The number of aliphatic carboxylic acids is 1. The fourth-order valence-corrected chi connectivity index (χ4v) is 4.43. The third-order valence-electron chi connectivity index (χ3n) is 6.08. The fraction of sp³-hybridized carbons (Fsp3) is 0.423. The van der Waals surface area contributed by atoms with E-state index in [1.165, 1.54) is 12.0 Å². The molecule has 1 unspecified atom stereocenters. The highest BCUT2D eigenvalue weighted by molar-refractivity contribution is 5.90. The lowest BCUT2D eigenvalue weighted by atomic mass is 9.98. The normalized spacial score (nSPS) is 14.1. The van der Waals surface area contributed by atoms with Crippen LogP contribution in [0.1, 0.15) is 44.2 Å². The molecule has 3 rings (SSSR count). The fourth-order valence-electron chi connectivity index (χ4n) is 4.43. The van der Waals surface area contributed by atoms with Crippen LogP contribution in [0.4, 0.5) is 4.79 Å². The number of carbonyl (C=O) groups is 3. The van der Waals surface area contributed by atoms with E-state index in [2.05, 4.69) is 17.4 Å². The van der Waals surface area contributed by atoms with E-state index in [9.17, 15) is 14.4 Å². The van der Waals surface area contributed by atoms with E-state index in [0.29, 0.717) is 0 Å². The van der Waals surface area contributed by atoms with Crippen molar-refractivity contribution in [1.29, 1.82) is 0 Å². The Morgan fingerprint density at radius 2 is 1.62 bits per heavy atom. The van der Waals surface area contributed by atoms with Gasteiger partial charge in [-0.05, 0) is 43.0 Å². The summed E-state index contributed by atoms with van der Waals surface area (Å²) in [6.45, 7) is 5.19. The van der Waals surface area contributed by atoms with E-state index in [-0.39, 0.29) is 38.1 Å². The number of carboxylic acid groups (broad SMARTS) is 1. The molecule has 0 fully saturated rings. The van der Waals surface area contributed by atoms with Crippen molar-refractivity contribution in [2.24, 2.45) is 0 Å². The highest BCUT2D eigenvalue weighted by Gasteiger charge is 2.40. The Kier molecular flexibility index (Phi) is 7.94. The Hall–Kier alpha value is -3.39. The lowest BCUT2D eigenvalue weighted by Gasteiger charge is -2.36. The van der Waals surface area contributed by atoms with Crippen LogP contribution in [-0.2, 0) is 19.1 Å². The molecule has 2 amide bonds. The Bertz CT molecular complexity index is 1010. The van der Waals surface area contributed by atoms with Gasteiger partial charge >= 0.3 is 12.1 Å². The van der Waals surface area contributed by atoms with Crippen molar-refractivity contribution >= 4 is 18.0 Å². The Morgan fingerprint density at radius 1 is 1.06 bits per heavy atom. The number of amides is 2. The predicted octanol–water partition coefficient (Wildman–Crippen LogP) is 3.64. The van der Waals surface area contributed by atoms with Crippen LogP contribution < -0.4 is 5.32 Å². The first-order valence-corrected chi connectivity index (χ1v) is 11.3. The van der Waals surface area contributed by atoms with Gasteiger partial charge in [-0.15, -0.1) is 0 Å². The summed E-state index contributed by atoms with van der Waals surface area (Å²) < 4.78 is 10.8. The molecule has 0 saturated carbocycles. The number of benzene rings is 2. The molecule has 2 aromatic rings. The number of carboxylic acids is 1. The van der Waals surface area contributed by atoms with Gasteiger partial charge in [0.15, 0.2) is 0 Å². The number of methoxy groups -OCH3 is 1. The third kappa shape index (κ3) is 5.39. The van der Waals surface area contributed by atoms with Crippen molar-refractivity contribution in [1.82, 2.24) is 10.2 Å². The second-order valence-corrected chi connectivity index (χ2v) is 8.95. The van der Waals surface area contributed by atoms with E-state index < -0.39 is 23.5 Å². The number of rotatable bonds is 10. The number of hydrogen-bond acceptors (Lipinski definition) is 5. The van der Waals surface area contributed by atoms with E-state index >= 15 is 0 Å². The Balaban J connectivity index is 1.73. The molecule has 182 valence electrons. The van der Waals surface area contributed by atoms with E-state index in [1.807, 2.05) is 36.4 Å². The highest BCUT2D eigenvalue weighted by atomic mass is 16.5. The topological polar surface area (TPSA) is 105 Å². The minimum absolute atomic E-state index is 0.0253. The van der Waals surface area contributed by atoms with Crippen LogP contribution in [-0.4, -0.2) is 66.4 Å². The van der Waals surface area contributed by atoms with Crippen LogP contribution >= 0.6 is 0 Å². The van der Waals surface area contributed by atoms with Crippen LogP contribution in [0, 0.1) is 0 Å². The van der Waals surface area contributed by atoms with Crippen molar-refractivity contribution in [2.75, 3.05) is 26.9 Å². The molecule has 0 spiro atoms. The maximum Gasteiger partial charge on any atom is 0.408 e. The molecule has 2 aromatic carbocycles. The van der Waals surface area contributed by atoms with Crippen molar-refractivity contribution in [2.45, 2.75) is 44.7 Å². The predicted molar refractivity (Wildman–Crippen MR) is 128 cm³/mol. The molecule has 0 radical (unpaired) electrons. The van der Waals surface area contributed by atoms with Gasteiger partial charge in [-0.2, -0.15) is 0 Å². The van der Waals surface area contributed by atoms with Gasteiger partial charge in [-0.1, -0.05) is 48.5 Å². The van der Waals surface area contributed by atoms with E-state index in [4.69, 9.17) is 14.6 Å². The van der Waals surface area contributed by atoms with Crippen molar-refractivity contribution in [3.63, 3.8) is 0 Å². The maximum atomic E-state index is 13.3. The van der Waals surface area contributed by atoms with Crippen LogP contribution in [0.5, 0.6) is 0 Å². The second-order valence-electron chi connectivity index (χ2n) is 8.95. The van der Waals surface area contributed by atoms with Crippen molar-refractivity contribution in [3.8, 4) is 11.1 Å². The summed E-state index contributed by atoms with van der Waals surface area (Å²) in [4.78, 5) is 38.6. The van der Waals surface area contributed by atoms with Gasteiger partial charge in [-0.25, -0.2) is 4.79 Å². The zero-order valence-corrected chi connectivity index (χ0v) is 20.0. The minimum atomic E-state index is -1.42. The Morgan fingerprint density at radius 3 is 2.12 bits per heavy atom. The number of carbonyl (C=O) groups excluding carboxylic acids is 2. The van der Waals surface area contributed by atoms with Gasteiger partial charge in [0, 0.05) is 25.6 Å². The van der Waals surface area contributed by atoms with Gasteiger partial charge in [0.25, 0.3) is 5.91 Å². The summed E-state index contributed by atoms with van der Waals surface area (Å²) in [6, 6.07) is 15.8. The van der Waals surface area contributed by atoms with Crippen LogP contribution in [0.25, 0.3) is 11.1 Å². The molecule has 0 bridgehead atoms. The zero-order valence-electron chi connectivity index (χ0n) is 20.0. The standard InChI is InChI=1S/C26H32N2O6/c1-17(2)28(14-13-23(29)30)24(31)26(3,16-33-4)27-25(32)34-15-22-20-11-7-5-9-18(20)19-10-6-8-12-21(19)22/h5-12,17,22H,13-16H2,1-4H3,(H,27,32)(H,29,30). The average molecular weight is 469 g/mol. The average Bonchev–Trinajstić information content (AvgIpc) is 3.11. The van der Waals surface area contributed by atoms with Crippen LogP contribution in [0.2, 0.25) is 0 Å². The molecule has 34 heavy (non-hydrogen) atoms. The molecular weight excluding hydrogens is 436 g/mol. The summed E-state index contributed by atoms with van der Waals surface area (Å²) in [5.41, 5.74) is 3.01. The largest absolute Gasteiger partial charge is 0.481 e. The first-order valence-electron chi connectivity index (χ1n) is 11.3. The van der Waals surface area contributed by atoms with Crippen LogP contribution in [0.3, 0.4) is 0 Å². The first-order chi connectivity index (χ1) is 16.2. The number of nitrogens with zero attached hydrogens (tertiary/aromatic N) is 1. The van der Waals surface area contributed by atoms with Crippen LogP contribution in [0.15, 0.2) is 48.5 Å². The SMILES string of the molecule is COCC(C)(NC(=O)OCC1c2ccccc2-c2ccccc21)C(=O)N(CCC(=O)O)C(C)C. The van der Waals surface area contributed by atoms with Gasteiger partial charge in [0.05, 0.1) is 13.0 Å². The molecule has 0 aliphatic heterocycles. The minimum Gasteiger partial charge on any atom is -0.481 e. The van der Waals surface area contributed by atoms with E-state index in [0.717, 1.165) is 22.3 Å². The molecule has 8 heteroatoms. The maximum absolute atomic E-state index is 13.3. The molecular formula is C26H32N2O6. The summed E-state index contributed by atoms with van der Waals surface area (Å²) >= 11 is 0. The van der Waals surface area contributed by atoms with Gasteiger partial charge < -0.3 is 24.8 Å². The number of alkyl carbamates (subject to hydrolysis) is 1. The number of ether oxygens (including phenoxy) is 2. The molecule has 0 heterocycles. The molecule has 2 N–H and O–H groups in total. The zero-order chi connectivity index (χ0) is 24.9. The molecule has 1 atom stereocenters. The summed E-state index contributed by atoms with van der Waals surface area (Å²) in [5, 5.41) is 11.7. The second kappa shape index (κ2) is 10.7. The number of nitrogens with one attached hydrogen (secondary N) is 1. The molecule has 0 aromatic heterocycles. The molecule has 0 saturated heterocycles. The van der Waals surface area contributed by atoms with Gasteiger partial charge in [0.2, 0.25) is 0 Å². The monoisotopic (exact) mass is 468 g/mol. The van der Waals surface area contributed by atoms with E-state index in [1.54, 1.807) is 20.8 Å². The van der Waals surface area contributed by atoms with Crippen molar-refractivity contribution < 1.29 is 29.0 Å². The first kappa shape index (κ1) is 25.2. The van der Waals surface area contributed by atoms with Gasteiger partial charge in [-0.3, -0.25) is 9.59 Å². The Labute approximate surface area is 199 Å². The quantitative estimate of drug-likeness (QED) is 0.552. The van der Waals surface area contributed by atoms with Gasteiger partial charge in [0.1, 0.15) is 12.1 Å². The third-order valence-corrected chi connectivity index (χ3v) is 6.08. The van der Waals surface area contributed by atoms with Crippen molar-refractivity contribution in [3.05, 3.63) is 59.7 Å². The number of hydrogen-bond donors (Lipinski definition) is 2. The lowest BCUT2D eigenvalue weighted by molar-refractivity contribution is -0.143. The number of fused-ring (bicyclic) bond motifs is 3. The lowest BCUT2D eigenvalue weighted by Crippen LogP contribution is -2.61. The summed E-state index contributed by atoms with van der Waals surface area (Å²) in [6.07, 6.45) is -0.936. The highest BCUT2D eigenvalue weighted by Crippen LogP contribution is 2.44. The molecule has 1 aliphatic rings.